The lowest BCUT2D eigenvalue weighted by molar-refractivity contribution is 0.0680. The standard InChI is InChI=1S/C18H21N3O3/c22-18(20-12-15-5-1-2-9-19-15)21-14-6-3-7-16(11-14)24-13-17-8-4-10-23-17/h1-3,5-7,9,11,17H,4,8,10,12-13H2,(H2,20,21,22). The number of urea groups is 1. The molecule has 2 amide bonds. The topological polar surface area (TPSA) is 72.5 Å². The average molecular weight is 327 g/mol. The van der Waals surface area contributed by atoms with Gasteiger partial charge in [0.25, 0.3) is 0 Å². The van der Waals surface area contributed by atoms with Gasteiger partial charge in [0.05, 0.1) is 18.3 Å². The van der Waals surface area contributed by atoms with Crippen LogP contribution in [0.5, 0.6) is 5.75 Å². The minimum Gasteiger partial charge on any atom is -0.491 e. The van der Waals surface area contributed by atoms with E-state index in [0.717, 1.165) is 25.1 Å². The minimum absolute atomic E-state index is 0.170. The first-order chi connectivity index (χ1) is 11.8. The molecule has 2 N–H and O–H groups in total. The van der Waals surface area contributed by atoms with Crippen LogP contribution in [0.4, 0.5) is 10.5 Å². The fraction of sp³-hybridized carbons (Fsp3) is 0.333. The fourth-order valence-electron chi connectivity index (χ4n) is 2.48. The van der Waals surface area contributed by atoms with Gasteiger partial charge in [-0.15, -0.1) is 0 Å². The first-order valence-corrected chi connectivity index (χ1v) is 8.09. The molecule has 0 spiro atoms. The predicted octanol–water partition coefficient (Wildman–Crippen LogP) is 2.96. The van der Waals surface area contributed by atoms with E-state index in [0.29, 0.717) is 24.6 Å². The van der Waals surface area contributed by atoms with Gasteiger partial charge in [0.15, 0.2) is 0 Å². The second-order valence-electron chi connectivity index (χ2n) is 5.60. The number of hydrogen-bond acceptors (Lipinski definition) is 4. The molecule has 126 valence electrons. The molecule has 1 unspecified atom stereocenters. The van der Waals surface area contributed by atoms with Crippen LogP contribution in [-0.4, -0.2) is 30.3 Å². The molecular formula is C18H21N3O3. The van der Waals surface area contributed by atoms with Gasteiger partial charge in [-0.2, -0.15) is 0 Å². The maximum Gasteiger partial charge on any atom is 0.319 e. The number of rotatable bonds is 6. The molecule has 3 rings (SSSR count). The summed E-state index contributed by atoms with van der Waals surface area (Å²) < 4.78 is 11.3. The van der Waals surface area contributed by atoms with Gasteiger partial charge in [-0.25, -0.2) is 4.79 Å². The Morgan fingerprint density at radius 1 is 1.29 bits per heavy atom. The van der Waals surface area contributed by atoms with Crippen molar-refractivity contribution in [2.24, 2.45) is 0 Å². The molecule has 1 atom stereocenters. The Morgan fingerprint density at radius 2 is 2.25 bits per heavy atom. The Bertz CT molecular complexity index is 658. The van der Waals surface area contributed by atoms with E-state index in [4.69, 9.17) is 9.47 Å². The average Bonchev–Trinajstić information content (AvgIpc) is 3.13. The van der Waals surface area contributed by atoms with Crippen LogP contribution in [0.15, 0.2) is 48.7 Å². The summed E-state index contributed by atoms with van der Waals surface area (Å²) in [6.45, 7) is 1.73. The van der Waals surface area contributed by atoms with E-state index in [-0.39, 0.29) is 12.1 Å². The second-order valence-corrected chi connectivity index (χ2v) is 5.60. The summed E-state index contributed by atoms with van der Waals surface area (Å²) in [5.74, 6) is 0.716. The monoisotopic (exact) mass is 327 g/mol. The third-order valence-corrected chi connectivity index (χ3v) is 3.71. The van der Waals surface area contributed by atoms with Gasteiger partial charge >= 0.3 is 6.03 Å². The molecule has 24 heavy (non-hydrogen) atoms. The summed E-state index contributed by atoms with van der Waals surface area (Å²) >= 11 is 0. The van der Waals surface area contributed by atoms with Crippen LogP contribution in [0, 0.1) is 0 Å². The molecule has 1 aromatic heterocycles. The van der Waals surface area contributed by atoms with Crippen molar-refractivity contribution in [1.29, 1.82) is 0 Å². The highest BCUT2D eigenvalue weighted by Crippen LogP contribution is 2.19. The van der Waals surface area contributed by atoms with Crippen molar-refractivity contribution in [1.82, 2.24) is 10.3 Å². The number of pyridine rings is 1. The van der Waals surface area contributed by atoms with Crippen LogP contribution < -0.4 is 15.4 Å². The highest BCUT2D eigenvalue weighted by Gasteiger charge is 2.16. The maximum atomic E-state index is 12.0. The summed E-state index contributed by atoms with van der Waals surface area (Å²) in [6.07, 6.45) is 3.99. The quantitative estimate of drug-likeness (QED) is 0.855. The molecule has 1 aliphatic heterocycles. The number of hydrogen-bond donors (Lipinski definition) is 2. The summed E-state index contributed by atoms with van der Waals surface area (Å²) in [5, 5.41) is 5.56. The molecule has 1 fully saturated rings. The Hall–Kier alpha value is -2.60. The number of benzene rings is 1. The Kier molecular flexibility index (Phi) is 5.63. The highest BCUT2D eigenvalue weighted by molar-refractivity contribution is 5.89. The van der Waals surface area contributed by atoms with Crippen molar-refractivity contribution in [3.05, 3.63) is 54.4 Å². The zero-order valence-electron chi connectivity index (χ0n) is 13.4. The van der Waals surface area contributed by atoms with Crippen LogP contribution in [0.25, 0.3) is 0 Å². The molecule has 6 heteroatoms. The van der Waals surface area contributed by atoms with Gasteiger partial charge in [-0.1, -0.05) is 12.1 Å². The normalized spacial score (nSPS) is 16.6. The van der Waals surface area contributed by atoms with Gasteiger partial charge < -0.3 is 20.1 Å². The third-order valence-electron chi connectivity index (χ3n) is 3.71. The summed E-state index contributed by atoms with van der Waals surface area (Å²) in [7, 11) is 0. The minimum atomic E-state index is -0.281. The number of carbonyl (C=O) groups is 1. The van der Waals surface area contributed by atoms with Gasteiger partial charge in [0.1, 0.15) is 12.4 Å². The van der Waals surface area contributed by atoms with Crippen LogP contribution >= 0.6 is 0 Å². The van der Waals surface area contributed by atoms with Gasteiger partial charge in [0.2, 0.25) is 0 Å². The Balaban J connectivity index is 1.47. The third kappa shape index (κ3) is 4.96. The van der Waals surface area contributed by atoms with E-state index in [1.807, 2.05) is 36.4 Å². The van der Waals surface area contributed by atoms with Crippen LogP contribution in [-0.2, 0) is 11.3 Å². The summed E-state index contributed by atoms with van der Waals surface area (Å²) in [6, 6.07) is 12.6. The smallest absolute Gasteiger partial charge is 0.319 e. The molecule has 2 heterocycles. The number of nitrogens with zero attached hydrogens (tertiary/aromatic N) is 1. The number of anilines is 1. The van der Waals surface area contributed by atoms with Crippen molar-refractivity contribution >= 4 is 11.7 Å². The number of carbonyl (C=O) groups excluding carboxylic acids is 1. The lowest BCUT2D eigenvalue weighted by Gasteiger charge is -2.13. The zero-order chi connectivity index (χ0) is 16.6. The number of ether oxygens (including phenoxy) is 2. The molecule has 1 aliphatic rings. The SMILES string of the molecule is O=C(NCc1ccccn1)Nc1cccc(OCC2CCCO2)c1. The highest BCUT2D eigenvalue weighted by atomic mass is 16.5. The lowest BCUT2D eigenvalue weighted by Crippen LogP contribution is -2.28. The molecule has 2 aromatic rings. The van der Waals surface area contributed by atoms with E-state index in [9.17, 15) is 4.79 Å². The molecular weight excluding hydrogens is 306 g/mol. The van der Waals surface area contributed by atoms with Crippen molar-refractivity contribution in [3.8, 4) is 5.75 Å². The molecule has 0 saturated carbocycles. The van der Waals surface area contributed by atoms with Crippen molar-refractivity contribution in [2.45, 2.75) is 25.5 Å². The predicted molar refractivity (Wildman–Crippen MR) is 91.0 cm³/mol. The van der Waals surface area contributed by atoms with Crippen molar-refractivity contribution in [3.63, 3.8) is 0 Å². The maximum absolute atomic E-state index is 12.0. The van der Waals surface area contributed by atoms with Gasteiger partial charge in [-0.05, 0) is 37.1 Å². The molecule has 0 radical (unpaired) electrons. The Morgan fingerprint density at radius 3 is 3.04 bits per heavy atom. The molecule has 1 saturated heterocycles. The fourth-order valence-corrected chi connectivity index (χ4v) is 2.48. The van der Waals surface area contributed by atoms with Gasteiger partial charge in [0, 0.05) is 24.6 Å². The number of aromatic nitrogens is 1. The number of amides is 2. The zero-order valence-corrected chi connectivity index (χ0v) is 13.4. The van der Waals surface area contributed by atoms with E-state index in [1.165, 1.54) is 0 Å². The lowest BCUT2D eigenvalue weighted by atomic mass is 10.2. The number of nitrogens with one attached hydrogen (secondary N) is 2. The van der Waals surface area contributed by atoms with Crippen LogP contribution in [0.3, 0.4) is 0 Å². The largest absolute Gasteiger partial charge is 0.491 e. The Labute approximate surface area is 141 Å². The first kappa shape index (κ1) is 16.3. The van der Waals surface area contributed by atoms with E-state index < -0.39 is 0 Å². The van der Waals surface area contributed by atoms with Crippen LogP contribution in [0.1, 0.15) is 18.5 Å². The van der Waals surface area contributed by atoms with Crippen molar-refractivity contribution in [2.75, 3.05) is 18.5 Å². The summed E-state index contributed by atoms with van der Waals surface area (Å²) in [5.41, 5.74) is 1.49. The molecule has 0 aliphatic carbocycles. The first-order valence-electron chi connectivity index (χ1n) is 8.09. The molecule has 1 aromatic carbocycles. The molecule has 0 bridgehead atoms. The molecule has 6 nitrogen and oxygen atoms in total. The van der Waals surface area contributed by atoms with Crippen molar-refractivity contribution < 1.29 is 14.3 Å². The van der Waals surface area contributed by atoms with E-state index in [1.54, 1.807) is 12.3 Å². The summed E-state index contributed by atoms with van der Waals surface area (Å²) in [4.78, 5) is 16.1. The van der Waals surface area contributed by atoms with E-state index in [2.05, 4.69) is 15.6 Å². The van der Waals surface area contributed by atoms with Gasteiger partial charge in [-0.3, -0.25) is 4.98 Å². The van der Waals surface area contributed by atoms with Crippen LogP contribution in [0.2, 0.25) is 0 Å². The van der Waals surface area contributed by atoms with E-state index >= 15 is 0 Å². The second kappa shape index (κ2) is 8.31.